The summed E-state index contributed by atoms with van der Waals surface area (Å²) in [5.41, 5.74) is 0. The topological polar surface area (TPSA) is 65.4 Å². The summed E-state index contributed by atoms with van der Waals surface area (Å²) in [6.45, 7) is 2.52. The van der Waals surface area contributed by atoms with Gasteiger partial charge in [-0.2, -0.15) is 5.10 Å². The van der Waals surface area contributed by atoms with Crippen LogP contribution in [-0.4, -0.2) is 28.9 Å². The summed E-state index contributed by atoms with van der Waals surface area (Å²) in [5.74, 6) is 1.98. The van der Waals surface area contributed by atoms with Crippen molar-refractivity contribution >= 4 is 11.7 Å². The van der Waals surface area contributed by atoms with E-state index >= 15 is 0 Å². The van der Waals surface area contributed by atoms with Crippen LogP contribution in [0.1, 0.15) is 45.1 Å². The number of nitrogens with zero attached hydrogens (tertiary/aromatic N) is 2. The predicted molar refractivity (Wildman–Crippen MR) is 96.1 cm³/mol. The molecule has 0 bridgehead atoms. The van der Waals surface area contributed by atoms with E-state index in [1.165, 1.54) is 19.3 Å². The van der Waals surface area contributed by atoms with Crippen molar-refractivity contribution in [1.82, 2.24) is 9.78 Å². The summed E-state index contributed by atoms with van der Waals surface area (Å²) in [7, 11) is 0. The molecule has 1 aromatic heterocycles. The molecule has 6 nitrogen and oxygen atoms in total. The van der Waals surface area contributed by atoms with Gasteiger partial charge in [-0.05, 0) is 44.0 Å². The van der Waals surface area contributed by atoms with Crippen LogP contribution in [0.5, 0.6) is 11.5 Å². The Morgan fingerprint density at radius 1 is 1.12 bits per heavy atom. The zero-order valence-electron chi connectivity index (χ0n) is 14.6. The van der Waals surface area contributed by atoms with E-state index in [1.807, 2.05) is 29.8 Å². The van der Waals surface area contributed by atoms with Crippen molar-refractivity contribution in [3.05, 3.63) is 36.5 Å². The van der Waals surface area contributed by atoms with Gasteiger partial charge in [-0.1, -0.05) is 19.3 Å². The van der Waals surface area contributed by atoms with Gasteiger partial charge in [-0.15, -0.1) is 0 Å². The highest BCUT2D eigenvalue weighted by atomic mass is 16.5. The van der Waals surface area contributed by atoms with Crippen molar-refractivity contribution in [3.8, 4) is 11.5 Å². The van der Waals surface area contributed by atoms with Crippen LogP contribution in [0.15, 0.2) is 36.5 Å². The number of hydrogen-bond donors (Lipinski definition) is 1. The molecule has 1 saturated carbocycles. The van der Waals surface area contributed by atoms with E-state index in [1.54, 1.807) is 18.3 Å². The standard InChI is InChI=1S/C19H25N3O3/c1-2-24-16-8-10-17(11-9-16)25-14-19(23)21-18-12-13-20-22(18)15-6-4-3-5-7-15/h8-13,15H,2-7,14H2,1H3,(H,21,23). The van der Waals surface area contributed by atoms with E-state index in [9.17, 15) is 4.79 Å². The fourth-order valence-corrected chi connectivity index (χ4v) is 3.16. The molecule has 0 unspecified atom stereocenters. The lowest BCUT2D eigenvalue weighted by Gasteiger charge is -2.23. The highest BCUT2D eigenvalue weighted by Gasteiger charge is 2.19. The summed E-state index contributed by atoms with van der Waals surface area (Å²) in [6, 6.07) is 9.47. The third-order valence-electron chi connectivity index (χ3n) is 4.36. The fourth-order valence-electron chi connectivity index (χ4n) is 3.16. The predicted octanol–water partition coefficient (Wildman–Crippen LogP) is 3.80. The lowest BCUT2D eigenvalue weighted by molar-refractivity contribution is -0.118. The molecule has 1 aliphatic carbocycles. The van der Waals surface area contributed by atoms with Gasteiger partial charge < -0.3 is 14.8 Å². The van der Waals surface area contributed by atoms with Crippen LogP contribution in [-0.2, 0) is 4.79 Å². The fraction of sp³-hybridized carbons (Fsp3) is 0.474. The molecule has 6 heteroatoms. The van der Waals surface area contributed by atoms with Gasteiger partial charge in [0.2, 0.25) is 0 Å². The van der Waals surface area contributed by atoms with Gasteiger partial charge in [0.25, 0.3) is 5.91 Å². The Kier molecular flexibility index (Phi) is 5.93. The van der Waals surface area contributed by atoms with Crippen LogP contribution in [0.3, 0.4) is 0 Å². The summed E-state index contributed by atoms with van der Waals surface area (Å²) in [6.07, 6.45) is 7.70. The van der Waals surface area contributed by atoms with Crippen molar-refractivity contribution in [2.75, 3.05) is 18.5 Å². The average molecular weight is 343 g/mol. The second-order valence-electron chi connectivity index (χ2n) is 6.19. The highest BCUT2D eigenvalue weighted by Crippen LogP contribution is 2.29. The average Bonchev–Trinajstić information content (AvgIpc) is 3.10. The van der Waals surface area contributed by atoms with Crippen molar-refractivity contribution < 1.29 is 14.3 Å². The number of aromatic nitrogens is 2. The molecule has 1 aromatic carbocycles. The van der Waals surface area contributed by atoms with Gasteiger partial charge in [0.05, 0.1) is 18.8 Å². The van der Waals surface area contributed by atoms with Crippen molar-refractivity contribution in [3.63, 3.8) is 0 Å². The minimum absolute atomic E-state index is 0.0379. The third kappa shape index (κ3) is 4.75. The molecule has 1 amide bonds. The molecular weight excluding hydrogens is 318 g/mol. The number of nitrogens with one attached hydrogen (secondary N) is 1. The van der Waals surface area contributed by atoms with E-state index in [4.69, 9.17) is 9.47 Å². The summed E-state index contributed by atoms with van der Waals surface area (Å²) < 4.78 is 12.9. The molecule has 25 heavy (non-hydrogen) atoms. The van der Waals surface area contributed by atoms with Gasteiger partial charge in [0.1, 0.15) is 17.3 Å². The van der Waals surface area contributed by atoms with Gasteiger partial charge in [-0.3, -0.25) is 4.79 Å². The maximum Gasteiger partial charge on any atom is 0.263 e. The minimum atomic E-state index is -0.188. The van der Waals surface area contributed by atoms with Crippen molar-refractivity contribution in [1.29, 1.82) is 0 Å². The first-order valence-corrected chi connectivity index (χ1v) is 8.95. The van der Waals surface area contributed by atoms with Gasteiger partial charge in [-0.25, -0.2) is 4.68 Å². The number of ether oxygens (including phenoxy) is 2. The van der Waals surface area contributed by atoms with E-state index in [-0.39, 0.29) is 12.5 Å². The van der Waals surface area contributed by atoms with Gasteiger partial charge >= 0.3 is 0 Å². The molecule has 2 aromatic rings. The second kappa shape index (κ2) is 8.55. The van der Waals surface area contributed by atoms with Crippen LogP contribution < -0.4 is 14.8 Å². The Morgan fingerprint density at radius 3 is 2.48 bits per heavy atom. The molecule has 1 aliphatic rings. The van der Waals surface area contributed by atoms with Crippen LogP contribution in [0.4, 0.5) is 5.82 Å². The Hall–Kier alpha value is -2.50. The summed E-state index contributed by atoms with van der Waals surface area (Å²) in [4.78, 5) is 12.2. The van der Waals surface area contributed by atoms with E-state index in [0.717, 1.165) is 24.4 Å². The molecule has 0 radical (unpaired) electrons. The molecule has 0 spiro atoms. The SMILES string of the molecule is CCOc1ccc(OCC(=O)Nc2ccnn2C2CCCCC2)cc1. The van der Waals surface area contributed by atoms with Crippen LogP contribution >= 0.6 is 0 Å². The van der Waals surface area contributed by atoms with Gasteiger partial charge in [0.15, 0.2) is 6.61 Å². The maximum atomic E-state index is 12.2. The van der Waals surface area contributed by atoms with E-state index < -0.39 is 0 Å². The lowest BCUT2D eigenvalue weighted by atomic mass is 9.96. The third-order valence-corrected chi connectivity index (χ3v) is 4.36. The summed E-state index contributed by atoms with van der Waals surface area (Å²) in [5, 5.41) is 7.29. The zero-order valence-corrected chi connectivity index (χ0v) is 14.6. The number of rotatable bonds is 7. The lowest BCUT2D eigenvalue weighted by Crippen LogP contribution is -2.24. The molecule has 1 N–H and O–H groups in total. The Morgan fingerprint density at radius 2 is 1.80 bits per heavy atom. The van der Waals surface area contributed by atoms with Crippen LogP contribution in [0.2, 0.25) is 0 Å². The van der Waals surface area contributed by atoms with E-state index in [0.29, 0.717) is 18.4 Å². The molecular formula is C19H25N3O3. The second-order valence-corrected chi connectivity index (χ2v) is 6.19. The number of benzene rings is 1. The summed E-state index contributed by atoms with van der Waals surface area (Å²) >= 11 is 0. The van der Waals surface area contributed by atoms with Crippen molar-refractivity contribution in [2.45, 2.75) is 45.1 Å². The number of amides is 1. The largest absolute Gasteiger partial charge is 0.494 e. The number of hydrogen-bond acceptors (Lipinski definition) is 4. The first-order valence-electron chi connectivity index (χ1n) is 8.95. The highest BCUT2D eigenvalue weighted by molar-refractivity contribution is 5.91. The maximum absolute atomic E-state index is 12.2. The molecule has 1 fully saturated rings. The Bertz CT molecular complexity index is 675. The number of carbonyl (C=O) groups excluding carboxylic acids is 1. The number of anilines is 1. The van der Waals surface area contributed by atoms with Crippen LogP contribution in [0, 0.1) is 0 Å². The molecule has 0 atom stereocenters. The Balaban J connectivity index is 1.52. The minimum Gasteiger partial charge on any atom is -0.494 e. The molecule has 1 heterocycles. The van der Waals surface area contributed by atoms with Crippen LogP contribution in [0.25, 0.3) is 0 Å². The van der Waals surface area contributed by atoms with Gasteiger partial charge in [0, 0.05) is 6.07 Å². The van der Waals surface area contributed by atoms with E-state index in [2.05, 4.69) is 10.4 Å². The monoisotopic (exact) mass is 343 g/mol. The first-order chi connectivity index (χ1) is 12.3. The zero-order chi connectivity index (χ0) is 17.5. The molecule has 0 aliphatic heterocycles. The quantitative estimate of drug-likeness (QED) is 0.830. The first kappa shape index (κ1) is 17.3. The normalized spacial score (nSPS) is 14.9. The Labute approximate surface area is 148 Å². The molecule has 0 saturated heterocycles. The smallest absolute Gasteiger partial charge is 0.263 e. The number of carbonyl (C=O) groups is 1. The van der Waals surface area contributed by atoms with Crippen molar-refractivity contribution in [2.24, 2.45) is 0 Å². The molecule has 3 rings (SSSR count). The molecule has 134 valence electrons.